The Balaban J connectivity index is 0.00000196. The summed E-state index contributed by atoms with van der Waals surface area (Å²) in [6, 6.07) is 6.03. The van der Waals surface area contributed by atoms with Crippen LogP contribution in [0.15, 0.2) is 43.0 Å². The van der Waals surface area contributed by atoms with Crippen LogP contribution in [0, 0.1) is 11.2 Å². The van der Waals surface area contributed by atoms with Crippen molar-refractivity contribution in [3.05, 3.63) is 65.6 Å². The Bertz CT molecular complexity index is 1470. The fourth-order valence-electron chi connectivity index (χ4n) is 6.82. The molecule has 9 nitrogen and oxygen atoms in total. The number of anilines is 1. The van der Waals surface area contributed by atoms with E-state index in [1.165, 1.54) is 35.8 Å². The largest absolute Gasteiger partial charge is 0.490 e. The van der Waals surface area contributed by atoms with E-state index in [1.54, 1.807) is 11.1 Å². The van der Waals surface area contributed by atoms with Gasteiger partial charge in [0, 0.05) is 68.1 Å². The number of rotatable bonds is 10. The second-order valence-electron chi connectivity index (χ2n) is 12.4. The minimum absolute atomic E-state index is 0.0310. The first-order chi connectivity index (χ1) is 21.8. The Kier molecular flexibility index (Phi) is 10.2. The summed E-state index contributed by atoms with van der Waals surface area (Å²) in [5.41, 5.74) is 2.78. The van der Waals surface area contributed by atoms with Gasteiger partial charge in [-0.3, -0.25) is 14.7 Å². The van der Waals surface area contributed by atoms with Crippen LogP contribution in [0.2, 0.25) is 0 Å². The molecule has 242 valence electrons. The summed E-state index contributed by atoms with van der Waals surface area (Å²) >= 11 is 0. The smallest absolute Gasteiger partial charge is 0.257 e. The van der Waals surface area contributed by atoms with E-state index >= 15 is 0 Å². The molecule has 3 aromatic rings. The number of hydrogen-bond acceptors (Lipinski definition) is 8. The highest BCUT2D eigenvalue weighted by Crippen LogP contribution is 2.52. The maximum Gasteiger partial charge on any atom is 0.257 e. The van der Waals surface area contributed by atoms with Crippen molar-refractivity contribution in [2.45, 2.75) is 85.9 Å². The zero-order valence-electron chi connectivity index (χ0n) is 27.6. The summed E-state index contributed by atoms with van der Waals surface area (Å²) in [4.78, 5) is 33.0. The zero-order chi connectivity index (χ0) is 32.1. The van der Waals surface area contributed by atoms with E-state index in [9.17, 15) is 9.18 Å². The van der Waals surface area contributed by atoms with Gasteiger partial charge in [0.2, 0.25) is 0 Å². The maximum absolute atomic E-state index is 14.2. The van der Waals surface area contributed by atoms with Crippen LogP contribution < -0.4 is 14.4 Å². The van der Waals surface area contributed by atoms with E-state index in [-0.39, 0.29) is 34.8 Å². The van der Waals surface area contributed by atoms with Crippen molar-refractivity contribution in [3.63, 3.8) is 0 Å². The number of amides is 1. The van der Waals surface area contributed by atoms with Crippen LogP contribution in [0.3, 0.4) is 0 Å². The van der Waals surface area contributed by atoms with Crippen molar-refractivity contribution in [1.82, 2.24) is 24.8 Å². The fourth-order valence-corrected chi connectivity index (χ4v) is 6.82. The molecule has 45 heavy (non-hydrogen) atoms. The predicted octanol–water partition coefficient (Wildman–Crippen LogP) is 6.52. The summed E-state index contributed by atoms with van der Waals surface area (Å²) < 4.78 is 27.0. The molecular formula is C35H47FN6O3. The van der Waals surface area contributed by atoms with Gasteiger partial charge in [0.1, 0.15) is 29.7 Å². The molecule has 1 aromatic carbocycles. The summed E-state index contributed by atoms with van der Waals surface area (Å²) in [6.07, 6.45) is 9.26. The minimum Gasteiger partial charge on any atom is -0.490 e. The topological polar surface area (TPSA) is 83.9 Å². The first-order valence-corrected chi connectivity index (χ1v) is 16.5. The van der Waals surface area contributed by atoms with E-state index < -0.39 is 5.82 Å². The molecule has 1 aliphatic carbocycles. The Morgan fingerprint density at radius 1 is 1.11 bits per heavy atom. The zero-order valence-corrected chi connectivity index (χ0v) is 27.6. The van der Waals surface area contributed by atoms with Gasteiger partial charge in [-0.1, -0.05) is 20.8 Å². The van der Waals surface area contributed by atoms with Crippen molar-refractivity contribution >= 4 is 11.7 Å². The number of ether oxygens (including phenoxy) is 2. The van der Waals surface area contributed by atoms with E-state index in [2.05, 4.69) is 31.7 Å². The molecule has 0 atom stereocenters. The number of aromatic nitrogens is 3. The Hall–Kier alpha value is -3.79. The van der Waals surface area contributed by atoms with Gasteiger partial charge in [-0.25, -0.2) is 14.4 Å². The second-order valence-corrected chi connectivity index (χ2v) is 12.4. The summed E-state index contributed by atoms with van der Waals surface area (Å²) in [5.74, 6) is 1.62. The molecule has 1 spiro atoms. The van der Waals surface area contributed by atoms with Crippen LogP contribution in [-0.4, -0.2) is 75.5 Å². The first kappa shape index (κ1) is 32.6. The third-order valence-corrected chi connectivity index (χ3v) is 8.93. The number of carbonyl (C=O) groups excluding carboxylic acids is 1. The van der Waals surface area contributed by atoms with E-state index in [0.717, 1.165) is 64.2 Å². The van der Waals surface area contributed by atoms with Gasteiger partial charge >= 0.3 is 0 Å². The molecule has 4 heterocycles. The molecule has 0 bridgehead atoms. The van der Waals surface area contributed by atoms with Crippen molar-refractivity contribution in [3.8, 4) is 17.2 Å². The lowest BCUT2D eigenvalue weighted by Gasteiger charge is -2.59. The molecule has 0 radical (unpaired) electrons. The molecule has 2 aliphatic heterocycles. The normalized spacial score (nSPS) is 17.1. The molecule has 6 rings (SSSR count). The minimum atomic E-state index is -0.489. The van der Waals surface area contributed by atoms with Crippen molar-refractivity contribution in [1.29, 1.82) is 0 Å². The number of hydrogen-bond donors (Lipinski definition) is 0. The van der Waals surface area contributed by atoms with Crippen molar-refractivity contribution < 1.29 is 18.7 Å². The van der Waals surface area contributed by atoms with Gasteiger partial charge in [0.25, 0.3) is 5.91 Å². The highest BCUT2D eigenvalue weighted by atomic mass is 19.1. The van der Waals surface area contributed by atoms with Gasteiger partial charge in [0.15, 0.2) is 11.6 Å². The van der Waals surface area contributed by atoms with Gasteiger partial charge in [-0.2, -0.15) is 0 Å². The van der Waals surface area contributed by atoms with E-state index in [0.29, 0.717) is 18.1 Å². The molecule has 0 unspecified atom stereocenters. The third-order valence-electron chi connectivity index (χ3n) is 8.93. The number of benzene rings is 1. The molecule has 10 heteroatoms. The quantitative estimate of drug-likeness (QED) is 0.254. The number of carbonyl (C=O) groups is 1. The molecule has 2 aromatic heterocycles. The van der Waals surface area contributed by atoms with Crippen LogP contribution in [0.25, 0.3) is 0 Å². The van der Waals surface area contributed by atoms with Gasteiger partial charge in [-0.05, 0) is 70.8 Å². The van der Waals surface area contributed by atoms with Crippen molar-refractivity contribution in [2.24, 2.45) is 5.41 Å². The SMILES string of the molecule is CC.CCCN1CCc2nccc(OC3CC4(C3)CN(c3ncncc3Oc3ccc(F)cc3C(=O)N(CC)C(C)C)C4)c2C1. The highest BCUT2D eigenvalue weighted by molar-refractivity contribution is 5.97. The monoisotopic (exact) mass is 618 g/mol. The Morgan fingerprint density at radius 3 is 2.60 bits per heavy atom. The Labute approximate surface area is 266 Å². The summed E-state index contributed by atoms with van der Waals surface area (Å²) in [5, 5.41) is 0. The molecule has 3 aliphatic rings. The highest BCUT2D eigenvalue weighted by Gasteiger charge is 2.54. The average molecular weight is 619 g/mol. The van der Waals surface area contributed by atoms with E-state index in [1.807, 2.05) is 46.9 Å². The average Bonchev–Trinajstić information content (AvgIpc) is 3.00. The third kappa shape index (κ3) is 6.90. The molecule has 1 saturated heterocycles. The number of nitrogens with zero attached hydrogens (tertiary/aromatic N) is 6. The standard InChI is InChI=1S/C33H41FN6O3.C2H6/c1-5-12-38-13-10-27-26(18-38)29(9-11-36-27)42-24-15-33(16-24)19-39(20-33)31-30(17-35-21-37-31)43-28-8-7-23(34)14-25(28)32(41)40(6-2)22(3)4;1-2/h7-9,11,14,17,21-22,24H,5-6,10,12-13,15-16,18-20H2,1-4H3;1-2H3. The van der Waals surface area contributed by atoms with Crippen LogP contribution in [-0.2, 0) is 13.0 Å². The summed E-state index contributed by atoms with van der Waals surface area (Å²) in [7, 11) is 0. The summed E-state index contributed by atoms with van der Waals surface area (Å²) in [6.45, 7) is 17.2. The van der Waals surface area contributed by atoms with Crippen LogP contribution in [0.4, 0.5) is 10.2 Å². The number of pyridine rings is 1. The van der Waals surface area contributed by atoms with Gasteiger partial charge < -0.3 is 19.3 Å². The lowest BCUT2D eigenvalue weighted by Crippen LogP contribution is -2.65. The molecule has 0 N–H and O–H groups in total. The van der Waals surface area contributed by atoms with Crippen LogP contribution in [0.5, 0.6) is 17.2 Å². The van der Waals surface area contributed by atoms with Gasteiger partial charge in [0.05, 0.1) is 11.8 Å². The lowest BCUT2D eigenvalue weighted by molar-refractivity contribution is -0.0352. The van der Waals surface area contributed by atoms with Crippen LogP contribution >= 0.6 is 0 Å². The van der Waals surface area contributed by atoms with Gasteiger partial charge in [-0.15, -0.1) is 0 Å². The number of fused-ring (bicyclic) bond motifs is 1. The molecule has 1 amide bonds. The molecule has 2 fully saturated rings. The second kappa shape index (κ2) is 14.1. The Morgan fingerprint density at radius 2 is 1.89 bits per heavy atom. The van der Waals surface area contributed by atoms with Crippen LogP contribution in [0.1, 0.15) is 82.4 Å². The molecule has 1 saturated carbocycles. The predicted molar refractivity (Wildman–Crippen MR) is 174 cm³/mol. The van der Waals surface area contributed by atoms with E-state index in [4.69, 9.17) is 9.47 Å². The maximum atomic E-state index is 14.2. The first-order valence-electron chi connectivity index (χ1n) is 16.5. The van der Waals surface area contributed by atoms with Crippen molar-refractivity contribution in [2.75, 3.05) is 37.6 Å². The lowest BCUT2D eigenvalue weighted by atomic mass is 9.61. The number of halogens is 1. The fraction of sp³-hybridized carbons (Fsp3) is 0.543. The molecular weight excluding hydrogens is 571 g/mol.